The van der Waals surface area contributed by atoms with Gasteiger partial charge in [-0.1, -0.05) is 66.7 Å². The zero-order valence-electron chi connectivity index (χ0n) is 34.1. The highest BCUT2D eigenvalue weighted by molar-refractivity contribution is 5.94. The maximum Gasteiger partial charge on any atom is 0.294 e. The van der Waals surface area contributed by atoms with E-state index in [-0.39, 0.29) is 51.3 Å². The van der Waals surface area contributed by atoms with Crippen LogP contribution in [-0.2, 0) is 43.6 Å². The molecule has 14 nitrogen and oxygen atoms in total. The van der Waals surface area contributed by atoms with Gasteiger partial charge in [0, 0.05) is 49.1 Å². The van der Waals surface area contributed by atoms with Crippen molar-refractivity contribution >= 4 is 16.7 Å². The second-order valence-corrected chi connectivity index (χ2v) is 14.4. The fraction of sp³-hybridized carbons (Fsp3) is 0.370. The van der Waals surface area contributed by atoms with Crippen LogP contribution >= 0.6 is 0 Å². The van der Waals surface area contributed by atoms with E-state index in [0.29, 0.717) is 43.1 Å². The maximum atomic E-state index is 14.1. The molecule has 4 atom stereocenters. The molecule has 14 heteroatoms. The molecule has 0 aromatic heterocycles. The summed E-state index contributed by atoms with van der Waals surface area (Å²) >= 11 is 0. The molecule has 1 N–H and O–H groups in total. The Kier molecular flexibility index (Phi) is 16.1. The lowest BCUT2D eigenvalue weighted by molar-refractivity contribution is -0.763. The summed E-state index contributed by atoms with van der Waals surface area (Å²) in [7, 11) is 4.79. The van der Waals surface area contributed by atoms with Crippen LogP contribution in [0, 0.1) is 10.1 Å². The first-order valence-electron chi connectivity index (χ1n) is 19.8. The monoisotopic (exact) mass is 824 g/mol. The van der Waals surface area contributed by atoms with Crippen molar-refractivity contribution in [1.29, 1.82) is 0 Å². The van der Waals surface area contributed by atoms with Gasteiger partial charge in [-0.15, -0.1) is 10.1 Å². The SMILES string of the molecule is COCC(O)COC1CN(C(=O)c2ccc(CO[N+](=O)[O-])cc2)CC(OCc2cc(OC)c3ccccc3c2)C1c1ccc(OCCCOCc2ccccc2OC)cc1. The number of carbonyl (C=O) groups is 1. The summed E-state index contributed by atoms with van der Waals surface area (Å²) in [4.78, 5) is 31.0. The zero-order chi connectivity index (χ0) is 42.3. The van der Waals surface area contributed by atoms with E-state index in [2.05, 4.69) is 10.9 Å². The van der Waals surface area contributed by atoms with E-state index in [0.717, 1.165) is 39.0 Å². The Hall–Kier alpha value is -5.77. The quantitative estimate of drug-likeness (QED) is 0.0445. The largest absolute Gasteiger partial charge is 0.496 e. The Bertz CT molecular complexity index is 2130. The molecule has 318 valence electrons. The van der Waals surface area contributed by atoms with Gasteiger partial charge in [0.2, 0.25) is 0 Å². The molecule has 0 radical (unpaired) electrons. The van der Waals surface area contributed by atoms with Gasteiger partial charge in [0.05, 0.1) is 66.1 Å². The Morgan fingerprint density at radius 2 is 1.50 bits per heavy atom. The first-order chi connectivity index (χ1) is 29.3. The van der Waals surface area contributed by atoms with Crippen molar-refractivity contribution in [2.45, 2.75) is 50.5 Å². The van der Waals surface area contributed by atoms with Gasteiger partial charge in [0.15, 0.2) is 0 Å². The number of amides is 1. The van der Waals surface area contributed by atoms with Crippen molar-refractivity contribution < 1.29 is 53.0 Å². The van der Waals surface area contributed by atoms with Gasteiger partial charge < -0.3 is 48.0 Å². The summed E-state index contributed by atoms with van der Waals surface area (Å²) in [6.07, 6.45) is -1.35. The number of rotatable bonds is 22. The van der Waals surface area contributed by atoms with E-state index in [1.165, 1.54) is 7.11 Å². The number of hydrogen-bond donors (Lipinski definition) is 1. The summed E-state index contributed by atoms with van der Waals surface area (Å²) in [5.41, 5.74) is 3.73. The smallest absolute Gasteiger partial charge is 0.294 e. The van der Waals surface area contributed by atoms with Crippen molar-refractivity contribution in [2.75, 3.05) is 60.8 Å². The molecule has 4 unspecified atom stereocenters. The van der Waals surface area contributed by atoms with Gasteiger partial charge in [0.25, 0.3) is 11.0 Å². The number of aliphatic hydroxyl groups is 1. The van der Waals surface area contributed by atoms with E-state index >= 15 is 0 Å². The van der Waals surface area contributed by atoms with Crippen LogP contribution in [0.25, 0.3) is 10.8 Å². The van der Waals surface area contributed by atoms with E-state index < -0.39 is 23.4 Å². The lowest BCUT2D eigenvalue weighted by Gasteiger charge is -2.44. The Morgan fingerprint density at radius 3 is 2.23 bits per heavy atom. The average molecular weight is 825 g/mol. The predicted molar refractivity (Wildman–Crippen MR) is 223 cm³/mol. The van der Waals surface area contributed by atoms with Crippen LogP contribution in [0.4, 0.5) is 0 Å². The van der Waals surface area contributed by atoms with E-state index in [4.69, 9.17) is 33.2 Å². The minimum Gasteiger partial charge on any atom is -0.496 e. The Labute approximate surface area is 349 Å². The number of piperidine rings is 1. The third-order valence-electron chi connectivity index (χ3n) is 10.3. The number of benzene rings is 5. The number of aliphatic hydroxyl groups excluding tert-OH is 1. The van der Waals surface area contributed by atoms with Gasteiger partial charge in [-0.3, -0.25) is 4.79 Å². The summed E-state index contributed by atoms with van der Waals surface area (Å²) in [6, 6.07) is 34.0. The van der Waals surface area contributed by atoms with Crippen molar-refractivity contribution in [2.24, 2.45) is 0 Å². The fourth-order valence-corrected chi connectivity index (χ4v) is 7.34. The molecule has 1 amide bonds. The maximum absolute atomic E-state index is 14.1. The van der Waals surface area contributed by atoms with Crippen molar-refractivity contribution in [3.8, 4) is 17.2 Å². The van der Waals surface area contributed by atoms with Gasteiger partial charge in [-0.05, 0) is 64.5 Å². The van der Waals surface area contributed by atoms with E-state index in [1.54, 1.807) is 43.4 Å². The van der Waals surface area contributed by atoms with Crippen LogP contribution in [0.1, 0.15) is 45.0 Å². The van der Waals surface area contributed by atoms with Crippen molar-refractivity contribution in [3.05, 3.63) is 147 Å². The van der Waals surface area contributed by atoms with Crippen LogP contribution in [0.5, 0.6) is 17.2 Å². The number of nitrogens with zero attached hydrogens (tertiary/aromatic N) is 2. The molecule has 60 heavy (non-hydrogen) atoms. The van der Waals surface area contributed by atoms with E-state index in [1.807, 2.05) is 78.9 Å². The molecule has 0 bridgehead atoms. The summed E-state index contributed by atoms with van der Waals surface area (Å²) in [5, 5.41) is 22.5. The van der Waals surface area contributed by atoms with Crippen LogP contribution in [0.15, 0.2) is 109 Å². The number of carbonyl (C=O) groups excluding carboxylic acids is 1. The Balaban J connectivity index is 1.21. The van der Waals surface area contributed by atoms with Crippen LogP contribution in [-0.4, -0.2) is 100 Å². The number of hydrogen-bond acceptors (Lipinski definition) is 12. The second kappa shape index (κ2) is 22.0. The van der Waals surface area contributed by atoms with Crippen LogP contribution in [0.3, 0.4) is 0 Å². The molecule has 1 fully saturated rings. The van der Waals surface area contributed by atoms with Gasteiger partial charge >= 0.3 is 0 Å². The highest BCUT2D eigenvalue weighted by Gasteiger charge is 2.41. The number of likely N-dealkylation sites (tertiary alicyclic amines) is 1. The minimum atomic E-state index is -0.894. The molecular weight excluding hydrogens is 773 g/mol. The van der Waals surface area contributed by atoms with Crippen LogP contribution < -0.4 is 14.2 Å². The lowest BCUT2D eigenvalue weighted by atomic mass is 9.84. The number of methoxy groups -OCH3 is 3. The third-order valence-corrected chi connectivity index (χ3v) is 10.3. The van der Waals surface area contributed by atoms with Gasteiger partial charge in [0.1, 0.15) is 30.0 Å². The van der Waals surface area contributed by atoms with Gasteiger partial charge in [-0.25, -0.2) is 0 Å². The minimum absolute atomic E-state index is 0.0307. The molecule has 6 rings (SSSR count). The average Bonchev–Trinajstić information content (AvgIpc) is 3.28. The molecule has 5 aromatic rings. The molecule has 0 aliphatic carbocycles. The van der Waals surface area contributed by atoms with Crippen molar-refractivity contribution in [3.63, 3.8) is 0 Å². The summed E-state index contributed by atoms with van der Waals surface area (Å²) in [6.45, 7) is 1.88. The molecule has 5 aromatic carbocycles. The standard InChI is InChI=1S/C46H52N2O12/c1-53-30-38(49)31-59-44-26-47(46(50)35-15-13-32(14-16-35)28-60-48(51)52)25-43(58-27-33-23-36-9-4-6-11-40(36)42(24-33)55-3)45(44)34-17-19-39(20-18-34)57-22-8-21-56-29-37-10-5-7-12-41(37)54-2/h4-7,9-20,23-24,38,43-45,49H,8,21-22,25-31H2,1-3H3. The molecule has 1 saturated heterocycles. The second-order valence-electron chi connectivity index (χ2n) is 14.4. The Morgan fingerprint density at radius 1 is 0.783 bits per heavy atom. The highest BCUT2D eigenvalue weighted by Crippen LogP contribution is 2.36. The number of ether oxygens (including phenoxy) is 7. The molecule has 0 spiro atoms. The topological polar surface area (TPSA) is 158 Å². The van der Waals surface area contributed by atoms with E-state index in [9.17, 15) is 20.0 Å². The summed E-state index contributed by atoms with van der Waals surface area (Å²) < 4.78 is 41.5. The van der Waals surface area contributed by atoms with Crippen molar-refractivity contribution in [1.82, 2.24) is 4.90 Å². The summed E-state index contributed by atoms with van der Waals surface area (Å²) in [5.74, 6) is 1.59. The zero-order valence-corrected chi connectivity index (χ0v) is 34.1. The first kappa shape index (κ1) is 43.8. The molecule has 1 aliphatic heterocycles. The first-order valence-corrected chi connectivity index (χ1v) is 19.8. The normalized spacial score (nSPS) is 16.9. The molecule has 1 heterocycles. The lowest BCUT2D eigenvalue weighted by Crippen LogP contribution is -2.55. The molecule has 1 aliphatic rings. The van der Waals surface area contributed by atoms with Crippen LogP contribution in [0.2, 0.25) is 0 Å². The number of para-hydroxylation sites is 1. The fourth-order valence-electron chi connectivity index (χ4n) is 7.34. The van der Waals surface area contributed by atoms with Gasteiger partial charge in [-0.2, -0.15) is 0 Å². The molecular formula is C46H52N2O12. The molecule has 0 saturated carbocycles. The third kappa shape index (κ3) is 11.9. The highest BCUT2D eigenvalue weighted by atomic mass is 16.9. The predicted octanol–water partition coefficient (Wildman–Crippen LogP) is 6.77. The number of fused-ring (bicyclic) bond motifs is 1.